The summed E-state index contributed by atoms with van der Waals surface area (Å²) in [6, 6.07) is 10.0. The van der Waals surface area contributed by atoms with Crippen LogP contribution in [0, 0.1) is 0 Å². The summed E-state index contributed by atoms with van der Waals surface area (Å²) in [6.45, 7) is 3.07. The predicted molar refractivity (Wildman–Crippen MR) is 82.0 cm³/mol. The van der Waals surface area contributed by atoms with Crippen LogP contribution in [0.1, 0.15) is 37.7 Å². The van der Waals surface area contributed by atoms with Crippen LogP contribution in [0.25, 0.3) is 0 Å². The van der Waals surface area contributed by atoms with Gasteiger partial charge in [-0.05, 0) is 37.3 Å². The van der Waals surface area contributed by atoms with Crippen LogP contribution in [0.2, 0.25) is 0 Å². The SMILES string of the molecule is CC(CS(=O)(=O)N(CCCN)C1CC1)c1ccccc1. The second-order valence-corrected chi connectivity index (χ2v) is 7.54. The van der Waals surface area contributed by atoms with Crippen LogP contribution in [0.15, 0.2) is 30.3 Å². The maximum absolute atomic E-state index is 12.6. The Morgan fingerprint density at radius 1 is 1.30 bits per heavy atom. The van der Waals surface area contributed by atoms with E-state index in [-0.39, 0.29) is 17.7 Å². The molecule has 0 amide bonds. The topological polar surface area (TPSA) is 63.4 Å². The largest absolute Gasteiger partial charge is 0.330 e. The Hall–Kier alpha value is -0.910. The molecule has 0 radical (unpaired) electrons. The van der Waals surface area contributed by atoms with Crippen molar-refractivity contribution in [2.75, 3.05) is 18.8 Å². The smallest absolute Gasteiger partial charge is 0.214 e. The van der Waals surface area contributed by atoms with Gasteiger partial charge in [0.15, 0.2) is 0 Å². The van der Waals surface area contributed by atoms with E-state index in [2.05, 4.69) is 0 Å². The van der Waals surface area contributed by atoms with Gasteiger partial charge in [0.05, 0.1) is 5.75 Å². The maximum Gasteiger partial charge on any atom is 0.214 e. The van der Waals surface area contributed by atoms with E-state index < -0.39 is 10.0 Å². The molecule has 112 valence electrons. The summed E-state index contributed by atoms with van der Waals surface area (Å²) in [5, 5.41) is 0. The number of rotatable bonds is 8. The molecule has 1 aliphatic carbocycles. The van der Waals surface area contributed by atoms with Crippen molar-refractivity contribution in [2.45, 2.75) is 38.1 Å². The fourth-order valence-electron chi connectivity index (χ4n) is 2.45. The molecule has 1 fully saturated rings. The van der Waals surface area contributed by atoms with E-state index in [1.807, 2.05) is 37.3 Å². The van der Waals surface area contributed by atoms with Gasteiger partial charge in [-0.1, -0.05) is 37.3 Å². The van der Waals surface area contributed by atoms with Gasteiger partial charge in [-0.3, -0.25) is 0 Å². The van der Waals surface area contributed by atoms with Gasteiger partial charge in [0, 0.05) is 12.6 Å². The van der Waals surface area contributed by atoms with E-state index >= 15 is 0 Å². The van der Waals surface area contributed by atoms with Crippen molar-refractivity contribution in [1.29, 1.82) is 0 Å². The molecule has 1 unspecified atom stereocenters. The van der Waals surface area contributed by atoms with Crippen LogP contribution in [0.3, 0.4) is 0 Å². The molecule has 2 N–H and O–H groups in total. The van der Waals surface area contributed by atoms with Crippen LogP contribution >= 0.6 is 0 Å². The number of hydrogen-bond acceptors (Lipinski definition) is 3. The van der Waals surface area contributed by atoms with Crippen molar-refractivity contribution in [3.05, 3.63) is 35.9 Å². The standard InChI is InChI=1S/C15H24N2O2S/c1-13(14-6-3-2-4-7-14)12-20(18,19)17(11-5-10-16)15-8-9-15/h2-4,6-7,13,15H,5,8-12,16H2,1H3. The highest BCUT2D eigenvalue weighted by Crippen LogP contribution is 2.31. The van der Waals surface area contributed by atoms with Gasteiger partial charge in [0.1, 0.15) is 0 Å². The summed E-state index contributed by atoms with van der Waals surface area (Å²) in [7, 11) is -3.20. The summed E-state index contributed by atoms with van der Waals surface area (Å²) >= 11 is 0. The molecular formula is C15H24N2O2S. The van der Waals surface area contributed by atoms with Crippen molar-refractivity contribution in [2.24, 2.45) is 5.73 Å². The van der Waals surface area contributed by atoms with E-state index in [4.69, 9.17) is 5.73 Å². The zero-order chi connectivity index (χ0) is 14.6. The fourth-order valence-corrected chi connectivity index (χ4v) is 4.54. The quantitative estimate of drug-likeness (QED) is 0.797. The summed E-state index contributed by atoms with van der Waals surface area (Å²) in [5.74, 6) is 0.193. The van der Waals surface area contributed by atoms with Crippen molar-refractivity contribution < 1.29 is 8.42 Å². The fraction of sp³-hybridized carbons (Fsp3) is 0.600. The zero-order valence-corrected chi connectivity index (χ0v) is 12.8. The highest BCUT2D eigenvalue weighted by Gasteiger charge is 2.37. The Bertz CT molecular complexity index is 512. The van der Waals surface area contributed by atoms with Crippen molar-refractivity contribution >= 4 is 10.0 Å². The lowest BCUT2D eigenvalue weighted by Gasteiger charge is -2.23. The zero-order valence-electron chi connectivity index (χ0n) is 12.0. The Labute approximate surface area is 122 Å². The molecular weight excluding hydrogens is 272 g/mol. The molecule has 1 aromatic carbocycles. The summed E-state index contributed by atoms with van der Waals surface area (Å²) in [4.78, 5) is 0. The Balaban J connectivity index is 2.05. The first kappa shape index (κ1) is 15.5. The number of sulfonamides is 1. The molecule has 1 aromatic rings. The van der Waals surface area contributed by atoms with Crippen molar-refractivity contribution in [3.63, 3.8) is 0 Å². The third-order valence-corrected chi connectivity index (χ3v) is 5.84. The highest BCUT2D eigenvalue weighted by molar-refractivity contribution is 7.89. The normalized spacial score (nSPS) is 17.4. The molecule has 0 saturated heterocycles. The van der Waals surface area contributed by atoms with E-state index in [0.717, 1.165) is 24.8 Å². The molecule has 1 saturated carbocycles. The maximum atomic E-state index is 12.6. The number of nitrogens with two attached hydrogens (primary N) is 1. The highest BCUT2D eigenvalue weighted by atomic mass is 32.2. The average Bonchev–Trinajstić information content (AvgIpc) is 3.24. The Kier molecular flexibility index (Phi) is 5.18. The van der Waals surface area contributed by atoms with Crippen molar-refractivity contribution in [3.8, 4) is 0 Å². The number of benzene rings is 1. The molecule has 2 rings (SSSR count). The minimum Gasteiger partial charge on any atom is -0.330 e. The monoisotopic (exact) mass is 296 g/mol. The number of hydrogen-bond donors (Lipinski definition) is 1. The van der Waals surface area contributed by atoms with E-state index in [1.165, 1.54) is 0 Å². The Morgan fingerprint density at radius 2 is 1.95 bits per heavy atom. The first-order valence-electron chi connectivity index (χ1n) is 7.29. The average molecular weight is 296 g/mol. The van der Waals surface area contributed by atoms with E-state index in [0.29, 0.717) is 13.1 Å². The van der Waals surface area contributed by atoms with Crippen LogP contribution in [0.4, 0.5) is 0 Å². The van der Waals surface area contributed by atoms with Crippen LogP contribution in [-0.2, 0) is 10.0 Å². The molecule has 4 nitrogen and oxygen atoms in total. The summed E-state index contributed by atoms with van der Waals surface area (Å²) in [5.41, 5.74) is 6.59. The summed E-state index contributed by atoms with van der Waals surface area (Å²) in [6.07, 6.45) is 2.71. The van der Waals surface area contributed by atoms with Crippen LogP contribution in [0.5, 0.6) is 0 Å². The minimum atomic E-state index is -3.20. The lowest BCUT2D eigenvalue weighted by Crippen LogP contribution is -2.37. The summed E-state index contributed by atoms with van der Waals surface area (Å²) < 4.78 is 26.9. The van der Waals surface area contributed by atoms with Gasteiger partial charge in [-0.25, -0.2) is 8.42 Å². The molecule has 0 aromatic heterocycles. The molecule has 5 heteroatoms. The van der Waals surface area contributed by atoms with Crippen LogP contribution in [-0.4, -0.2) is 37.6 Å². The molecule has 0 bridgehead atoms. The third kappa shape index (κ3) is 4.04. The van der Waals surface area contributed by atoms with Gasteiger partial charge in [0.25, 0.3) is 0 Å². The van der Waals surface area contributed by atoms with E-state index in [1.54, 1.807) is 4.31 Å². The third-order valence-electron chi connectivity index (χ3n) is 3.72. The predicted octanol–water partition coefficient (Wildman–Crippen LogP) is 1.93. The van der Waals surface area contributed by atoms with Gasteiger partial charge >= 0.3 is 0 Å². The van der Waals surface area contributed by atoms with Gasteiger partial charge in [-0.15, -0.1) is 0 Å². The molecule has 1 atom stereocenters. The molecule has 1 aliphatic rings. The van der Waals surface area contributed by atoms with Gasteiger partial charge in [0.2, 0.25) is 10.0 Å². The Morgan fingerprint density at radius 3 is 2.50 bits per heavy atom. The second-order valence-electron chi connectivity index (χ2n) is 5.57. The van der Waals surface area contributed by atoms with Gasteiger partial charge in [-0.2, -0.15) is 4.31 Å². The minimum absolute atomic E-state index is 0.0142. The molecule has 0 aliphatic heterocycles. The van der Waals surface area contributed by atoms with Crippen LogP contribution < -0.4 is 5.73 Å². The lowest BCUT2D eigenvalue weighted by atomic mass is 10.0. The number of nitrogens with zero attached hydrogens (tertiary/aromatic N) is 1. The lowest BCUT2D eigenvalue weighted by molar-refractivity contribution is 0.398. The first-order valence-corrected chi connectivity index (χ1v) is 8.90. The molecule has 0 spiro atoms. The molecule has 0 heterocycles. The van der Waals surface area contributed by atoms with Crippen molar-refractivity contribution in [1.82, 2.24) is 4.31 Å². The van der Waals surface area contributed by atoms with Gasteiger partial charge < -0.3 is 5.73 Å². The van der Waals surface area contributed by atoms with E-state index in [9.17, 15) is 8.42 Å². The first-order chi connectivity index (χ1) is 9.54. The molecule has 20 heavy (non-hydrogen) atoms. The second kappa shape index (κ2) is 6.70.